The second-order valence-corrected chi connectivity index (χ2v) is 7.90. The molecule has 0 radical (unpaired) electrons. The van der Waals surface area contributed by atoms with Gasteiger partial charge in [0.15, 0.2) is 29.4 Å². The Morgan fingerprint density at radius 3 is 2.45 bits per heavy atom. The molecule has 1 heterocycles. The van der Waals surface area contributed by atoms with Gasteiger partial charge in [-0.05, 0) is 25.1 Å². The zero-order chi connectivity index (χ0) is 21.3. The minimum atomic E-state index is -4.07. The molecule has 0 fully saturated rings. The molecule has 29 heavy (non-hydrogen) atoms. The Labute approximate surface area is 165 Å². The number of hydrogen-bond donors (Lipinski definition) is 5. The Kier molecular flexibility index (Phi) is 5.48. The van der Waals surface area contributed by atoms with Gasteiger partial charge in [-0.25, -0.2) is 0 Å². The van der Waals surface area contributed by atoms with Gasteiger partial charge < -0.3 is 39.3 Å². The van der Waals surface area contributed by atoms with Gasteiger partial charge in [-0.1, -0.05) is 6.58 Å². The van der Waals surface area contributed by atoms with Crippen molar-refractivity contribution in [1.82, 2.24) is 0 Å². The van der Waals surface area contributed by atoms with E-state index < -0.39 is 19.7 Å². The summed E-state index contributed by atoms with van der Waals surface area (Å²) in [4.78, 5) is 9.81. The number of phenolic OH excluding ortho intramolecular Hbond substituents is 4. The topological polar surface area (TPSA) is 146 Å². The molecule has 0 aliphatic carbocycles. The Hall–Kier alpha value is -3.13. The molecular formula is C19H19O9P. The zero-order valence-corrected chi connectivity index (χ0v) is 16.2. The fraction of sp³-hybridized carbons (Fsp3) is 0.158. The van der Waals surface area contributed by atoms with E-state index in [1.54, 1.807) is 6.92 Å². The van der Waals surface area contributed by atoms with Crippen LogP contribution in [0, 0.1) is 0 Å². The summed E-state index contributed by atoms with van der Waals surface area (Å²) in [6, 6.07) is 6.15. The first kappa shape index (κ1) is 20.6. The van der Waals surface area contributed by atoms with Crippen LogP contribution >= 0.6 is 7.60 Å². The van der Waals surface area contributed by atoms with E-state index >= 15 is 0 Å². The predicted octanol–water partition coefficient (Wildman–Crippen LogP) is 3.48. The second-order valence-electron chi connectivity index (χ2n) is 6.11. The highest BCUT2D eigenvalue weighted by atomic mass is 31.2. The molecule has 1 atom stereocenters. The van der Waals surface area contributed by atoms with E-state index in [1.807, 2.05) is 0 Å². The minimum Gasteiger partial charge on any atom is -0.508 e. The summed E-state index contributed by atoms with van der Waals surface area (Å²) >= 11 is 0. The summed E-state index contributed by atoms with van der Waals surface area (Å²) in [6.07, 6.45) is -0.722. The Balaban J connectivity index is 2.11. The second kappa shape index (κ2) is 7.71. The molecule has 9 nitrogen and oxygen atoms in total. The van der Waals surface area contributed by atoms with Crippen LogP contribution in [0.25, 0.3) is 11.3 Å². The molecule has 0 saturated carbocycles. The fourth-order valence-corrected chi connectivity index (χ4v) is 3.54. The maximum Gasteiger partial charge on any atom is 0.365 e. The molecule has 2 aromatic carbocycles. The van der Waals surface area contributed by atoms with E-state index in [9.17, 15) is 29.9 Å². The van der Waals surface area contributed by atoms with Crippen LogP contribution < -0.4 is 4.74 Å². The summed E-state index contributed by atoms with van der Waals surface area (Å²) in [7, 11) is -4.07. The van der Waals surface area contributed by atoms with Crippen molar-refractivity contribution in [2.45, 2.75) is 6.92 Å². The first-order valence-electron chi connectivity index (χ1n) is 8.42. The molecule has 10 heteroatoms. The smallest absolute Gasteiger partial charge is 0.365 e. The number of hydrogen-bond acceptors (Lipinski definition) is 8. The normalized spacial score (nSPS) is 15.4. The van der Waals surface area contributed by atoms with Crippen LogP contribution in [0.3, 0.4) is 0 Å². The SMILES string of the molecule is C=C1C(OCP(=O)(O)OCC)=C(c2ccc(O)c(O)c2)Oc2cc(O)cc(O)c21. The lowest BCUT2D eigenvalue weighted by Gasteiger charge is -2.26. The van der Waals surface area contributed by atoms with E-state index in [0.717, 1.165) is 6.07 Å². The molecule has 2 aromatic rings. The highest BCUT2D eigenvalue weighted by Crippen LogP contribution is 2.49. The molecule has 154 valence electrons. The lowest BCUT2D eigenvalue weighted by atomic mass is 9.97. The predicted molar refractivity (Wildman–Crippen MR) is 104 cm³/mol. The maximum atomic E-state index is 12.0. The molecule has 1 aliphatic heterocycles. The number of aromatic hydroxyl groups is 4. The van der Waals surface area contributed by atoms with Crippen molar-refractivity contribution in [3.05, 3.63) is 53.8 Å². The van der Waals surface area contributed by atoms with Gasteiger partial charge >= 0.3 is 7.60 Å². The lowest BCUT2D eigenvalue weighted by molar-refractivity contribution is 0.206. The van der Waals surface area contributed by atoms with E-state index in [1.165, 1.54) is 24.3 Å². The van der Waals surface area contributed by atoms with Gasteiger partial charge in [-0.2, -0.15) is 0 Å². The molecule has 5 N–H and O–H groups in total. The number of rotatable bonds is 6. The third kappa shape index (κ3) is 4.17. The van der Waals surface area contributed by atoms with E-state index in [2.05, 4.69) is 6.58 Å². The van der Waals surface area contributed by atoms with Crippen LogP contribution in [0.5, 0.6) is 28.7 Å². The third-order valence-electron chi connectivity index (χ3n) is 4.00. The van der Waals surface area contributed by atoms with Gasteiger partial charge in [0.1, 0.15) is 17.2 Å². The van der Waals surface area contributed by atoms with Crippen molar-refractivity contribution in [3.63, 3.8) is 0 Å². The van der Waals surface area contributed by atoms with Crippen LogP contribution in [0.2, 0.25) is 0 Å². The Bertz CT molecular complexity index is 1060. The van der Waals surface area contributed by atoms with Crippen LogP contribution in [0.15, 0.2) is 42.7 Å². The van der Waals surface area contributed by atoms with Crippen molar-refractivity contribution in [3.8, 4) is 28.7 Å². The minimum absolute atomic E-state index is 0.00474. The van der Waals surface area contributed by atoms with E-state index in [-0.39, 0.29) is 57.8 Å². The molecule has 0 bridgehead atoms. The van der Waals surface area contributed by atoms with Crippen molar-refractivity contribution in [2.75, 3.05) is 13.0 Å². The average Bonchev–Trinajstić information content (AvgIpc) is 2.62. The van der Waals surface area contributed by atoms with Crippen molar-refractivity contribution >= 4 is 18.9 Å². The third-order valence-corrected chi connectivity index (χ3v) is 5.12. The summed E-state index contributed by atoms with van der Waals surface area (Å²) in [5.74, 6) is -1.44. The first-order valence-corrected chi connectivity index (χ1v) is 10.2. The van der Waals surface area contributed by atoms with Crippen molar-refractivity contribution in [1.29, 1.82) is 0 Å². The number of benzene rings is 2. The quantitative estimate of drug-likeness (QED) is 0.349. The van der Waals surface area contributed by atoms with E-state index in [0.29, 0.717) is 0 Å². The molecular weight excluding hydrogens is 403 g/mol. The molecule has 1 aliphatic rings. The molecule has 0 spiro atoms. The molecule has 3 rings (SSSR count). The highest BCUT2D eigenvalue weighted by molar-refractivity contribution is 7.52. The van der Waals surface area contributed by atoms with E-state index in [4.69, 9.17) is 14.0 Å². The van der Waals surface area contributed by atoms with Crippen LogP contribution in [-0.4, -0.2) is 38.3 Å². The fourth-order valence-electron chi connectivity index (χ4n) is 2.77. The number of ether oxygens (including phenoxy) is 2. The first-order chi connectivity index (χ1) is 13.6. The van der Waals surface area contributed by atoms with Crippen molar-refractivity contribution < 1.29 is 43.9 Å². The van der Waals surface area contributed by atoms with Crippen LogP contribution in [-0.2, 0) is 13.8 Å². The molecule has 0 saturated heterocycles. The summed E-state index contributed by atoms with van der Waals surface area (Å²) < 4.78 is 28.0. The van der Waals surface area contributed by atoms with Gasteiger partial charge in [0.2, 0.25) is 0 Å². The van der Waals surface area contributed by atoms with Crippen LogP contribution in [0.4, 0.5) is 0 Å². The van der Waals surface area contributed by atoms with Gasteiger partial charge in [0.05, 0.1) is 12.2 Å². The number of fused-ring (bicyclic) bond motifs is 1. The maximum absolute atomic E-state index is 12.0. The van der Waals surface area contributed by atoms with Crippen LogP contribution in [0.1, 0.15) is 18.1 Å². The monoisotopic (exact) mass is 422 g/mol. The van der Waals surface area contributed by atoms with Gasteiger partial charge in [-0.3, -0.25) is 4.57 Å². The van der Waals surface area contributed by atoms with Gasteiger partial charge in [-0.15, -0.1) is 0 Å². The zero-order valence-electron chi connectivity index (χ0n) is 15.3. The Morgan fingerprint density at radius 1 is 1.07 bits per heavy atom. The van der Waals surface area contributed by atoms with Crippen molar-refractivity contribution in [2.24, 2.45) is 0 Å². The molecule has 1 unspecified atom stereocenters. The summed E-state index contributed by atoms with van der Waals surface area (Å²) in [5.41, 5.74) is 0.477. The number of allylic oxidation sites excluding steroid dienone is 1. The molecule has 0 aromatic heterocycles. The average molecular weight is 422 g/mol. The highest BCUT2D eigenvalue weighted by Gasteiger charge is 2.31. The van der Waals surface area contributed by atoms with Gasteiger partial charge in [0.25, 0.3) is 0 Å². The molecule has 0 amide bonds. The lowest BCUT2D eigenvalue weighted by Crippen LogP contribution is -2.12. The largest absolute Gasteiger partial charge is 0.508 e. The Morgan fingerprint density at radius 2 is 1.79 bits per heavy atom. The van der Waals surface area contributed by atoms with Gasteiger partial charge in [0, 0.05) is 23.3 Å². The number of phenols is 4. The summed E-state index contributed by atoms with van der Waals surface area (Å²) in [5, 5.41) is 39.3. The standard InChI is InChI=1S/C19H19O9P/c1-3-27-29(24,25)9-26-18-10(2)17-15(23)7-12(20)8-16(17)28-19(18)11-4-5-13(21)14(22)6-11/h4-8,20-23H,2-3,9H2,1H3,(H,24,25). The summed E-state index contributed by atoms with van der Waals surface area (Å²) in [6.45, 7) is 5.41.